The Morgan fingerprint density at radius 1 is 0.857 bits per heavy atom. The molecule has 35 heavy (non-hydrogen) atoms. The average molecular weight is 480 g/mol. The first kappa shape index (κ1) is 23.7. The van der Waals surface area contributed by atoms with Crippen molar-refractivity contribution in [2.75, 3.05) is 10.6 Å². The van der Waals surface area contributed by atoms with Crippen LogP contribution in [0.25, 0.3) is 11.0 Å². The van der Waals surface area contributed by atoms with Crippen LogP contribution in [0.5, 0.6) is 0 Å². The Kier molecular flexibility index (Phi) is 6.42. The molecule has 0 aliphatic rings. The Balaban J connectivity index is 1.36. The smallest absolute Gasteiger partial charge is 0.416 e. The van der Waals surface area contributed by atoms with E-state index < -0.39 is 23.3 Å². The number of hydrogen-bond donors (Lipinski definition) is 2. The topological polar surface area (TPSA) is 88.4 Å². The van der Waals surface area contributed by atoms with Gasteiger partial charge in [0.1, 0.15) is 5.58 Å². The molecule has 0 unspecified atom stereocenters. The van der Waals surface area contributed by atoms with Gasteiger partial charge in [0.05, 0.1) is 12.0 Å². The molecule has 4 rings (SSSR count). The molecule has 0 saturated heterocycles. The molecule has 1 aromatic heterocycles. The van der Waals surface area contributed by atoms with Crippen molar-refractivity contribution in [3.63, 3.8) is 0 Å². The number of benzene rings is 3. The van der Waals surface area contributed by atoms with Crippen LogP contribution in [0, 0.1) is 6.92 Å². The van der Waals surface area contributed by atoms with Crippen LogP contribution in [-0.2, 0) is 17.4 Å². The van der Waals surface area contributed by atoms with E-state index in [0.29, 0.717) is 22.5 Å². The van der Waals surface area contributed by atoms with E-state index >= 15 is 0 Å². The molecule has 2 N–H and O–H groups in total. The van der Waals surface area contributed by atoms with Gasteiger partial charge in [0.25, 0.3) is 5.91 Å². The first-order valence-corrected chi connectivity index (χ1v) is 10.5. The summed E-state index contributed by atoms with van der Waals surface area (Å²) >= 11 is 0. The Hall–Kier alpha value is -4.40. The molecule has 2 amide bonds. The molecule has 0 radical (unpaired) electrons. The van der Waals surface area contributed by atoms with E-state index in [1.165, 1.54) is 6.07 Å². The normalized spacial score (nSPS) is 11.3. The summed E-state index contributed by atoms with van der Waals surface area (Å²) in [5.74, 6) is -0.844. The maximum atomic E-state index is 12.7. The first-order chi connectivity index (χ1) is 16.6. The Labute approximate surface area is 197 Å². The van der Waals surface area contributed by atoms with Crippen molar-refractivity contribution in [3.8, 4) is 0 Å². The number of hydrogen-bond acceptors (Lipinski definition) is 4. The van der Waals surface area contributed by atoms with Gasteiger partial charge in [-0.15, -0.1) is 0 Å². The number of rotatable bonds is 5. The number of aryl methyl sites for hydroxylation is 1. The highest BCUT2D eigenvalue weighted by Gasteiger charge is 2.30. The van der Waals surface area contributed by atoms with E-state index in [-0.39, 0.29) is 17.9 Å². The number of carbonyl (C=O) groups excluding carboxylic acids is 2. The summed E-state index contributed by atoms with van der Waals surface area (Å²) in [7, 11) is 0. The van der Waals surface area contributed by atoms with Crippen LogP contribution in [-0.4, -0.2) is 11.8 Å². The molecule has 6 nitrogen and oxygen atoms in total. The molecule has 3 aromatic carbocycles. The number of halogens is 3. The predicted molar refractivity (Wildman–Crippen MR) is 125 cm³/mol. The summed E-state index contributed by atoms with van der Waals surface area (Å²) in [5, 5.41) is 6.13. The second kappa shape index (κ2) is 9.46. The molecule has 9 heteroatoms. The molecule has 0 bridgehead atoms. The lowest BCUT2D eigenvalue weighted by molar-refractivity contribution is -0.137. The SMILES string of the molecule is Cc1cc(=O)oc2cc(NC(=O)Cc3ccc(NC(=O)c4ccc(C(F)(F)F)cc4)cc3)ccc12. The Morgan fingerprint density at radius 2 is 1.51 bits per heavy atom. The number of nitrogens with one attached hydrogen (secondary N) is 2. The van der Waals surface area contributed by atoms with Crippen LogP contribution < -0.4 is 16.3 Å². The third-order valence-electron chi connectivity index (χ3n) is 5.29. The molecule has 0 saturated carbocycles. The van der Waals surface area contributed by atoms with Gasteiger partial charge >= 0.3 is 11.8 Å². The molecule has 0 fully saturated rings. The van der Waals surface area contributed by atoms with Crippen molar-refractivity contribution in [3.05, 3.63) is 105 Å². The summed E-state index contributed by atoms with van der Waals surface area (Å²) in [6.07, 6.45) is -4.41. The van der Waals surface area contributed by atoms with E-state index in [9.17, 15) is 27.6 Å². The highest BCUT2D eigenvalue weighted by Crippen LogP contribution is 2.29. The lowest BCUT2D eigenvalue weighted by Gasteiger charge is -2.09. The number of fused-ring (bicyclic) bond motifs is 1. The van der Waals surface area contributed by atoms with Crippen LogP contribution in [0.1, 0.15) is 27.0 Å². The number of alkyl halides is 3. The highest BCUT2D eigenvalue weighted by molar-refractivity contribution is 6.04. The van der Waals surface area contributed by atoms with E-state index in [1.807, 2.05) is 0 Å². The first-order valence-electron chi connectivity index (χ1n) is 10.5. The largest absolute Gasteiger partial charge is 0.423 e. The second-order valence-corrected chi connectivity index (χ2v) is 7.91. The molecule has 178 valence electrons. The monoisotopic (exact) mass is 480 g/mol. The third kappa shape index (κ3) is 5.75. The Morgan fingerprint density at radius 3 is 2.17 bits per heavy atom. The summed E-state index contributed by atoms with van der Waals surface area (Å²) < 4.78 is 43.2. The summed E-state index contributed by atoms with van der Waals surface area (Å²) in [6, 6.07) is 16.9. The molecule has 0 aliphatic heterocycles. The minimum Gasteiger partial charge on any atom is -0.423 e. The molecular formula is C26H19F3N2O4. The molecule has 0 atom stereocenters. The van der Waals surface area contributed by atoms with Crippen molar-refractivity contribution < 1.29 is 27.2 Å². The van der Waals surface area contributed by atoms with Gasteiger partial charge in [0.2, 0.25) is 5.91 Å². The third-order valence-corrected chi connectivity index (χ3v) is 5.29. The molecule has 1 heterocycles. The van der Waals surface area contributed by atoms with Crippen molar-refractivity contribution in [2.24, 2.45) is 0 Å². The summed E-state index contributed by atoms with van der Waals surface area (Å²) in [6.45, 7) is 1.80. The predicted octanol–water partition coefficient (Wildman–Crippen LogP) is 5.55. The van der Waals surface area contributed by atoms with Crippen LogP contribution in [0.3, 0.4) is 0 Å². The van der Waals surface area contributed by atoms with Crippen LogP contribution in [0.4, 0.5) is 24.5 Å². The molecule has 4 aromatic rings. The van der Waals surface area contributed by atoms with Gasteiger partial charge in [0.15, 0.2) is 0 Å². The van der Waals surface area contributed by atoms with Gasteiger partial charge in [-0.3, -0.25) is 9.59 Å². The fourth-order valence-electron chi connectivity index (χ4n) is 3.51. The van der Waals surface area contributed by atoms with Gasteiger partial charge in [-0.05, 0) is 66.6 Å². The second-order valence-electron chi connectivity index (χ2n) is 7.91. The minimum absolute atomic E-state index is 0.0585. The van der Waals surface area contributed by atoms with Crippen LogP contribution in [0.15, 0.2) is 82.0 Å². The molecule has 0 aliphatic carbocycles. The zero-order valence-electron chi connectivity index (χ0n) is 18.4. The standard InChI is InChI=1S/C26H19F3N2O4/c1-15-12-24(33)35-22-14-20(10-11-21(15)22)30-23(32)13-16-2-8-19(9-3-16)31-25(34)17-4-6-18(7-5-17)26(27,28)29/h2-12,14H,13H2,1H3,(H,30,32)(H,31,34). The summed E-state index contributed by atoms with van der Waals surface area (Å²) in [5.41, 5.74) is 1.53. The number of carbonyl (C=O) groups is 2. The quantitative estimate of drug-likeness (QED) is 0.367. The van der Waals surface area contributed by atoms with Crippen LogP contribution in [0.2, 0.25) is 0 Å². The van der Waals surface area contributed by atoms with Gasteiger partial charge in [-0.1, -0.05) is 12.1 Å². The minimum atomic E-state index is -4.47. The van der Waals surface area contributed by atoms with Crippen molar-refractivity contribution in [1.29, 1.82) is 0 Å². The molecule has 0 spiro atoms. The van der Waals surface area contributed by atoms with Crippen molar-refractivity contribution in [2.45, 2.75) is 19.5 Å². The zero-order valence-corrected chi connectivity index (χ0v) is 18.4. The van der Waals surface area contributed by atoms with Gasteiger partial charge in [0, 0.05) is 34.5 Å². The zero-order chi connectivity index (χ0) is 25.2. The van der Waals surface area contributed by atoms with E-state index in [4.69, 9.17) is 4.42 Å². The maximum absolute atomic E-state index is 12.7. The average Bonchev–Trinajstić information content (AvgIpc) is 2.79. The Bertz CT molecular complexity index is 1460. The summed E-state index contributed by atoms with van der Waals surface area (Å²) in [4.78, 5) is 36.3. The van der Waals surface area contributed by atoms with Gasteiger partial charge < -0.3 is 15.1 Å². The van der Waals surface area contributed by atoms with Gasteiger partial charge in [-0.2, -0.15) is 13.2 Å². The number of anilines is 2. The fraction of sp³-hybridized carbons (Fsp3) is 0.115. The fourth-order valence-corrected chi connectivity index (χ4v) is 3.51. The van der Waals surface area contributed by atoms with Gasteiger partial charge in [-0.25, -0.2) is 4.79 Å². The van der Waals surface area contributed by atoms with Crippen molar-refractivity contribution >= 4 is 34.2 Å². The molecular weight excluding hydrogens is 461 g/mol. The lowest BCUT2D eigenvalue weighted by Crippen LogP contribution is -2.15. The lowest BCUT2D eigenvalue weighted by atomic mass is 10.1. The van der Waals surface area contributed by atoms with E-state index in [0.717, 1.165) is 35.2 Å². The maximum Gasteiger partial charge on any atom is 0.416 e. The van der Waals surface area contributed by atoms with Crippen molar-refractivity contribution in [1.82, 2.24) is 0 Å². The van der Waals surface area contributed by atoms with Crippen LogP contribution >= 0.6 is 0 Å². The highest BCUT2D eigenvalue weighted by atomic mass is 19.4. The van der Waals surface area contributed by atoms with E-state index in [2.05, 4.69) is 10.6 Å². The van der Waals surface area contributed by atoms with E-state index in [1.54, 1.807) is 49.4 Å². The number of amides is 2.